The highest BCUT2D eigenvalue weighted by Gasteiger charge is 2.58. The molecule has 0 radical (unpaired) electrons. The number of nitrogens with one attached hydrogen (secondary N) is 2. The number of aryl methyl sites for hydroxylation is 1. The quantitative estimate of drug-likeness (QED) is 0.652. The number of carbonyl (C=O) groups is 1. The summed E-state index contributed by atoms with van der Waals surface area (Å²) in [5.41, 5.74) is 7.04. The summed E-state index contributed by atoms with van der Waals surface area (Å²) in [5.74, 6) is -0.254. The van der Waals surface area contributed by atoms with E-state index in [2.05, 4.69) is 31.4 Å². The predicted octanol–water partition coefficient (Wildman–Crippen LogP) is 1.81. The third kappa shape index (κ3) is 1.52. The number of anilines is 1. The minimum atomic E-state index is -1.36. The van der Waals surface area contributed by atoms with Crippen LogP contribution in [-0.4, -0.2) is 16.1 Å². The Labute approximate surface area is 139 Å². The van der Waals surface area contributed by atoms with Crippen molar-refractivity contribution in [1.29, 1.82) is 5.26 Å². The minimum absolute atomic E-state index is 0.0591. The van der Waals surface area contributed by atoms with E-state index in [-0.39, 0.29) is 23.2 Å². The van der Waals surface area contributed by atoms with Gasteiger partial charge in [-0.1, -0.05) is 15.9 Å². The lowest BCUT2D eigenvalue weighted by Gasteiger charge is -2.31. The normalized spacial score (nSPS) is 21.5. The van der Waals surface area contributed by atoms with Crippen molar-refractivity contribution in [3.63, 3.8) is 0 Å². The van der Waals surface area contributed by atoms with Crippen LogP contribution in [0.1, 0.15) is 16.8 Å². The number of ether oxygens (including phenoxy) is 1. The number of halogens is 1. The number of amides is 1. The molecule has 4 rings (SSSR count). The van der Waals surface area contributed by atoms with E-state index in [1.165, 1.54) is 0 Å². The van der Waals surface area contributed by atoms with Gasteiger partial charge in [0.2, 0.25) is 17.7 Å². The Balaban J connectivity index is 2.19. The summed E-state index contributed by atoms with van der Waals surface area (Å²) in [7, 11) is 0. The van der Waals surface area contributed by atoms with Gasteiger partial charge < -0.3 is 15.8 Å². The Morgan fingerprint density at radius 2 is 2.26 bits per heavy atom. The largest absolute Gasteiger partial charge is 0.420 e. The SMILES string of the molecule is Cc1[nH]nc2c1[C@@]1(C(=O)Nc3ccc(Br)cc31)C(C#N)=C(N)O2. The molecule has 0 saturated heterocycles. The van der Waals surface area contributed by atoms with Crippen LogP contribution in [0.4, 0.5) is 5.69 Å². The number of nitrogens with zero attached hydrogens (tertiary/aromatic N) is 2. The van der Waals surface area contributed by atoms with Gasteiger partial charge in [-0.25, -0.2) is 0 Å². The molecule has 114 valence electrons. The average molecular weight is 372 g/mol. The zero-order valence-corrected chi connectivity index (χ0v) is 13.5. The van der Waals surface area contributed by atoms with E-state index >= 15 is 0 Å². The summed E-state index contributed by atoms with van der Waals surface area (Å²) in [5, 5.41) is 19.4. The number of rotatable bonds is 0. The zero-order chi connectivity index (χ0) is 16.4. The van der Waals surface area contributed by atoms with E-state index in [0.29, 0.717) is 22.5 Å². The van der Waals surface area contributed by atoms with Crippen molar-refractivity contribution in [3.05, 3.63) is 50.9 Å². The van der Waals surface area contributed by atoms with E-state index in [9.17, 15) is 10.1 Å². The fraction of sp³-hybridized carbons (Fsp3) is 0.133. The first-order chi connectivity index (χ1) is 11.0. The van der Waals surface area contributed by atoms with Crippen molar-refractivity contribution < 1.29 is 9.53 Å². The van der Waals surface area contributed by atoms with Crippen LogP contribution in [0.2, 0.25) is 0 Å². The average Bonchev–Trinajstić information content (AvgIpc) is 3.00. The minimum Gasteiger partial charge on any atom is -0.420 e. The molecule has 0 saturated carbocycles. The van der Waals surface area contributed by atoms with Crippen LogP contribution in [0.25, 0.3) is 0 Å². The van der Waals surface area contributed by atoms with Crippen LogP contribution in [0, 0.1) is 18.3 Å². The molecule has 0 aliphatic carbocycles. The molecule has 1 atom stereocenters. The van der Waals surface area contributed by atoms with E-state index in [0.717, 1.165) is 4.47 Å². The predicted molar refractivity (Wildman–Crippen MR) is 84.3 cm³/mol. The molecule has 1 amide bonds. The van der Waals surface area contributed by atoms with Gasteiger partial charge in [-0.15, -0.1) is 5.10 Å². The lowest BCUT2D eigenvalue weighted by Crippen LogP contribution is -2.42. The lowest BCUT2D eigenvalue weighted by molar-refractivity contribution is -0.118. The van der Waals surface area contributed by atoms with Crippen molar-refractivity contribution in [1.82, 2.24) is 10.2 Å². The summed E-state index contributed by atoms with van der Waals surface area (Å²) in [4.78, 5) is 13.0. The number of hydrogen-bond donors (Lipinski definition) is 3. The Kier molecular flexibility index (Phi) is 2.63. The second-order valence-electron chi connectivity index (χ2n) is 5.38. The third-order valence-corrected chi connectivity index (χ3v) is 4.70. The van der Waals surface area contributed by atoms with Gasteiger partial charge in [0.05, 0.1) is 5.56 Å². The van der Waals surface area contributed by atoms with E-state index in [1.54, 1.807) is 19.1 Å². The highest BCUT2D eigenvalue weighted by atomic mass is 79.9. The fourth-order valence-electron chi connectivity index (χ4n) is 3.30. The van der Waals surface area contributed by atoms with E-state index in [4.69, 9.17) is 10.5 Å². The molecule has 1 spiro atoms. The molecule has 0 bridgehead atoms. The fourth-order valence-corrected chi connectivity index (χ4v) is 3.66. The van der Waals surface area contributed by atoms with Crippen LogP contribution in [0.15, 0.2) is 34.1 Å². The number of carbonyl (C=O) groups excluding carboxylic acids is 1. The number of nitriles is 1. The molecule has 2 aliphatic rings. The summed E-state index contributed by atoms with van der Waals surface area (Å²) in [6.07, 6.45) is 0. The first-order valence-corrected chi connectivity index (χ1v) is 7.54. The van der Waals surface area contributed by atoms with Gasteiger partial charge in [-0.3, -0.25) is 9.89 Å². The summed E-state index contributed by atoms with van der Waals surface area (Å²) >= 11 is 3.42. The molecule has 0 fully saturated rings. The van der Waals surface area contributed by atoms with E-state index < -0.39 is 5.41 Å². The molecule has 7 nitrogen and oxygen atoms in total. The molecule has 1 aromatic heterocycles. The summed E-state index contributed by atoms with van der Waals surface area (Å²) < 4.78 is 6.23. The molecule has 23 heavy (non-hydrogen) atoms. The molecule has 1 aromatic carbocycles. The van der Waals surface area contributed by atoms with Crippen molar-refractivity contribution in [2.75, 3.05) is 5.32 Å². The van der Waals surface area contributed by atoms with Crippen LogP contribution in [0.3, 0.4) is 0 Å². The molecule has 2 aliphatic heterocycles. The van der Waals surface area contributed by atoms with Gasteiger partial charge in [0.15, 0.2) is 0 Å². The highest BCUT2D eigenvalue weighted by molar-refractivity contribution is 9.10. The summed E-state index contributed by atoms with van der Waals surface area (Å²) in [6, 6.07) is 7.45. The number of hydrogen-bond acceptors (Lipinski definition) is 5. The van der Waals surface area contributed by atoms with E-state index in [1.807, 2.05) is 12.1 Å². The molecular weight excluding hydrogens is 362 g/mol. The molecule has 0 unspecified atom stereocenters. The molecular formula is C15H10BrN5O2. The van der Waals surface area contributed by atoms with Gasteiger partial charge in [0, 0.05) is 21.4 Å². The van der Waals surface area contributed by atoms with Crippen LogP contribution >= 0.6 is 15.9 Å². The molecule has 3 heterocycles. The Morgan fingerprint density at radius 3 is 3.00 bits per heavy atom. The Bertz CT molecular complexity index is 955. The second kappa shape index (κ2) is 4.36. The number of benzene rings is 1. The number of aromatic nitrogens is 2. The highest BCUT2D eigenvalue weighted by Crippen LogP contribution is 2.53. The number of fused-ring (bicyclic) bond motifs is 4. The maximum absolute atomic E-state index is 13.0. The first-order valence-electron chi connectivity index (χ1n) is 6.75. The van der Waals surface area contributed by atoms with Crippen molar-refractivity contribution >= 4 is 27.5 Å². The number of aromatic amines is 1. The van der Waals surface area contributed by atoms with Gasteiger partial charge in [-0.2, -0.15) is 5.26 Å². The smallest absolute Gasteiger partial charge is 0.245 e. The zero-order valence-electron chi connectivity index (χ0n) is 11.9. The van der Waals surface area contributed by atoms with Crippen LogP contribution in [0.5, 0.6) is 5.88 Å². The van der Waals surface area contributed by atoms with Crippen LogP contribution in [-0.2, 0) is 10.2 Å². The third-order valence-electron chi connectivity index (χ3n) is 4.20. The van der Waals surface area contributed by atoms with Gasteiger partial charge >= 0.3 is 0 Å². The monoisotopic (exact) mass is 371 g/mol. The van der Waals surface area contributed by atoms with Crippen molar-refractivity contribution in [2.45, 2.75) is 12.3 Å². The maximum Gasteiger partial charge on any atom is 0.245 e. The van der Waals surface area contributed by atoms with Gasteiger partial charge in [-0.05, 0) is 25.1 Å². The number of H-pyrrole nitrogens is 1. The Hall–Kier alpha value is -2.79. The first kappa shape index (κ1) is 13.8. The molecule has 4 N–H and O–H groups in total. The second-order valence-corrected chi connectivity index (χ2v) is 6.29. The van der Waals surface area contributed by atoms with Gasteiger partial charge in [0.25, 0.3) is 0 Å². The standard InChI is InChI=1S/C15H10BrN5O2/c1-6-11-13(21-20-6)23-12(18)9(5-17)15(11)8-4-7(16)2-3-10(8)19-14(15)22/h2-4H,18H2,1H3,(H,19,22)(H,20,21)/t15-/m0/s1. The summed E-state index contributed by atoms with van der Waals surface area (Å²) in [6.45, 7) is 1.77. The Morgan fingerprint density at radius 1 is 1.48 bits per heavy atom. The van der Waals surface area contributed by atoms with Crippen LogP contribution < -0.4 is 15.8 Å². The topological polar surface area (TPSA) is 117 Å². The van der Waals surface area contributed by atoms with Crippen molar-refractivity contribution in [2.24, 2.45) is 5.73 Å². The maximum atomic E-state index is 13.0. The molecule has 2 aromatic rings. The molecule has 8 heteroatoms. The number of nitrogens with two attached hydrogens (primary N) is 1. The lowest BCUT2D eigenvalue weighted by atomic mass is 9.69. The van der Waals surface area contributed by atoms with Gasteiger partial charge in [0.1, 0.15) is 17.1 Å². The van der Waals surface area contributed by atoms with Crippen molar-refractivity contribution in [3.8, 4) is 11.9 Å².